The third kappa shape index (κ3) is 6.28. The fourth-order valence-electron chi connectivity index (χ4n) is 2.83. The van der Waals surface area contributed by atoms with Crippen LogP contribution in [0.1, 0.15) is 45.5 Å². The van der Waals surface area contributed by atoms with Gasteiger partial charge in [-0.25, -0.2) is 13.1 Å². The number of rotatable bonds is 9. The van der Waals surface area contributed by atoms with Gasteiger partial charge in [0.05, 0.1) is 5.75 Å². The van der Waals surface area contributed by atoms with Crippen molar-refractivity contribution in [1.82, 2.24) is 10.0 Å². The molecule has 0 atom stereocenters. The highest BCUT2D eigenvalue weighted by Gasteiger charge is 2.14. The summed E-state index contributed by atoms with van der Waals surface area (Å²) in [6.45, 7) is 4.02. The van der Waals surface area contributed by atoms with E-state index in [4.69, 9.17) is 0 Å². The van der Waals surface area contributed by atoms with Gasteiger partial charge in [0.2, 0.25) is 15.9 Å². The summed E-state index contributed by atoms with van der Waals surface area (Å²) < 4.78 is 25.9. The molecule has 2 N–H and O–H groups in total. The number of nitrogens with one attached hydrogen (secondary N) is 2. The molecule has 0 aromatic heterocycles. The predicted molar refractivity (Wildman–Crippen MR) is 109 cm³/mol. The SMILES string of the molecule is CNS(=O)(=O)Cc1ccccc1CNC(=O)CCC(=O)c1cc(C)ccc1C. The molecule has 7 heteroatoms. The molecule has 1 amide bonds. The zero-order valence-electron chi connectivity index (χ0n) is 16.4. The van der Waals surface area contributed by atoms with Crippen molar-refractivity contribution < 1.29 is 18.0 Å². The monoisotopic (exact) mass is 402 g/mol. The maximum absolute atomic E-state index is 12.4. The molecule has 2 aromatic carbocycles. The topological polar surface area (TPSA) is 92.3 Å². The zero-order chi connectivity index (χ0) is 20.7. The lowest BCUT2D eigenvalue weighted by atomic mass is 9.99. The standard InChI is InChI=1S/C21H26N2O4S/c1-15-8-9-16(2)19(12-15)20(24)10-11-21(25)23-13-17-6-4-5-7-18(17)14-28(26,27)22-3/h4-9,12,22H,10-11,13-14H2,1-3H3,(H,23,25). The van der Waals surface area contributed by atoms with Gasteiger partial charge in [-0.3, -0.25) is 9.59 Å². The molecule has 2 aromatic rings. The number of aryl methyl sites for hydroxylation is 2. The summed E-state index contributed by atoms with van der Waals surface area (Å²) in [5.41, 5.74) is 3.91. The van der Waals surface area contributed by atoms with Crippen LogP contribution in [0.15, 0.2) is 42.5 Å². The highest BCUT2D eigenvalue weighted by atomic mass is 32.2. The minimum absolute atomic E-state index is 0.0585. The quantitative estimate of drug-likeness (QED) is 0.631. The number of Topliss-reactive ketones (excluding diaryl/α,β-unsaturated/α-hetero) is 1. The fourth-order valence-corrected chi connectivity index (χ4v) is 3.66. The lowest BCUT2D eigenvalue weighted by molar-refractivity contribution is -0.121. The summed E-state index contributed by atoms with van der Waals surface area (Å²) in [4.78, 5) is 24.5. The zero-order valence-corrected chi connectivity index (χ0v) is 17.2. The first-order valence-corrected chi connectivity index (χ1v) is 10.7. The molecule has 0 saturated heterocycles. The van der Waals surface area contributed by atoms with Gasteiger partial charge in [0.25, 0.3) is 0 Å². The van der Waals surface area contributed by atoms with E-state index >= 15 is 0 Å². The van der Waals surface area contributed by atoms with Crippen LogP contribution in [-0.4, -0.2) is 27.2 Å². The molecule has 0 heterocycles. The number of hydrogen-bond donors (Lipinski definition) is 2. The van der Waals surface area contributed by atoms with Crippen molar-refractivity contribution in [1.29, 1.82) is 0 Å². The lowest BCUT2D eigenvalue weighted by Gasteiger charge is -2.11. The third-order valence-corrected chi connectivity index (χ3v) is 5.84. The van der Waals surface area contributed by atoms with E-state index in [1.54, 1.807) is 24.3 Å². The second-order valence-electron chi connectivity index (χ2n) is 6.75. The van der Waals surface area contributed by atoms with Crippen LogP contribution >= 0.6 is 0 Å². The molecule has 0 unspecified atom stereocenters. The van der Waals surface area contributed by atoms with Crippen LogP contribution in [0.4, 0.5) is 0 Å². The lowest BCUT2D eigenvalue weighted by Crippen LogP contribution is -2.25. The normalized spacial score (nSPS) is 11.2. The van der Waals surface area contributed by atoms with Crippen molar-refractivity contribution >= 4 is 21.7 Å². The molecule has 28 heavy (non-hydrogen) atoms. The van der Waals surface area contributed by atoms with E-state index in [0.29, 0.717) is 11.1 Å². The molecule has 0 aliphatic carbocycles. The van der Waals surface area contributed by atoms with Gasteiger partial charge in [-0.05, 0) is 43.7 Å². The Bertz CT molecular complexity index is 968. The van der Waals surface area contributed by atoms with E-state index in [1.165, 1.54) is 7.05 Å². The minimum atomic E-state index is -3.40. The van der Waals surface area contributed by atoms with Crippen molar-refractivity contribution in [2.45, 2.75) is 39.0 Å². The van der Waals surface area contributed by atoms with Gasteiger partial charge in [-0.15, -0.1) is 0 Å². The van der Waals surface area contributed by atoms with Crippen molar-refractivity contribution in [3.63, 3.8) is 0 Å². The third-order valence-electron chi connectivity index (χ3n) is 4.52. The Morgan fingerprint density at radius 1 is 0.964 bits per heavy atom. The van der Waals surface area contributed by atoms with Gasteiger partial charge in [0.1, 0.15) is 0 Å². The molecule has 150 valence electrons. The first-order valence-electron chi connectivity index (χ1n) is 9.07. The van der Waals surface area contributed by atoms with E-state index < -0.39 is 10.0 Å². The molecule has 0 bridgehead atoms. The number of carbonyl (C=O) groups excluding carboxylic acids is 2. The first-order chi connectivity index (χ1) is 13.2. The maximum atomic E-state index is 12.4. The molecular weight excluding hydrogens is 376 g/mol. The average Bonchev–Trinajstić information content (AvgIpc) is 2.67. The number of benzene rings is 2. The highest BCUT2D eigenvalue weighted by Crippen LogP contribution is 2.15. The Labute approximate surface area is 166 Å². The average molecular weight is 403 g/mol. The summed E-state index contributed by atoms with van der Waals surface area (Å²) in [5.74, 6) is -0.456. The number of amides is 1. The van der Waals surface area contributed by atoms with E-state index in [9.17, 15) is 18.0 Å². The Balaban J connectivity index is 1.93. The van der Waals surface area contributed by atoms with E-state index in [-0.39, 0.29) is 36.8 Å². The Morgan fingerprint density at radius 3 is 2.32 bits per heavy atom. The van der Waals surface area contributed by atoms with Gasteiger partial charge in [0, 0.05) is 24.9 Å². The minimum Gasteiger partial charge on any atom is -0.352 e. The summed E-state index contributed by atoms with van der Waals surface area (Å²) in [5, 5.41) is 2.77. The van der Waals surface area contributed by atoms with E-state index in [0.717, 1.165) is 16.7 Å². The number of sulfonamides is 1. The van der Waals surface area contributed by atoms with Crippen LogP contribution in [0, 0.1) is 13.8 Å². The number of ketones is 1. The van der Waals surface area contributed by atoms with Crippen LogP contribution in [0.25, 0.3) is 0 Å². The summed E-state index contributed by atoms with van der Waals surface area (Å²) in [7, 11) is -2.03. The van der Waals surface area contributed by atoms with Gasteiger partial charge >= 0.3 is 0 Å². The number of hydrogen-bond acceptors (Lipinski definition) is 4. The van der Waals surface area contributed by atoms with Crippen molar-refractivity contribution in [2.75, 3.05) is 7.05 Å². The maximum Gasteiger partial charge on any atom is 0.220 e. The van der Waals surface area contributed by atoms with E-state index in [1.807, 2.05) is 32.0 Å². The Kier molecular flexibility index (Phi) is 7.48. The van der Waals surface area contributed by atoms with Crippen molar-refractivity contribution in [3.05, 3.63) is 70.3 Å². The molecule has 2 rings (SSSR count). The van der Waals surface area contributed by atoms with Crippen LogP contribution < -0.4 is 10.0 Å². The van der Waals surface area contributed by atoms with Crippen LogP contribution in [-0.2, 0) is 27.1 Å². The first kappa shape index (κ1) is 21.8. The molecule has 0 aliphatic rings. The fraction of sp³-hybridized carbons (Fsp3) is 0.333. The van der Waals surface area contributed by atoms with Gasteiger partial charge in [-0.2, -0.15) is 0 Å². The summed E-state index contributed by atoms with van der Waals surface area (Å²) >= 11 is 0. The number of carbonyl (C=O) groups is 2. The van der Waals surface area contributed by atoms with Crippen LogP contribution in [0.5, 0.6) is 0 Å². The Hall–Kier alpha value is -2.51. The highest BCUT2D eigenvalue weighted by molar-refractivity contribution is 7.88. The molecule has 6 nitrogen and oxygen atoms in total. The second-order valence-corrected chi connectivity index (χ2v) is 8.68. The molecule has 0 saturated carbocycles. The smallest absolute Gasteiger partial charge is 0.220 e. The molecule has 0 fully saturated rings. The molecule has 0 spiro atoms. The van der Waals surface area contributed by atoms with E-state index in [2.05, 4.69) is 10.0 Å². The predicted octanol–water partition coefficient (Wildman–Crippen LogP) is 2.63. The van der Waals surface area contributed by atoms with Gasteiger partial charge in [0.15, 0.2) is 5.78 Å². The molecule has 0 aliphatic heterocycles. The van der Waals surface area contributed by atoms with Crippen LogP contribution in [0.3, 0.4) is 0 Å². The van der Waals surface area contributed by atoms with Gasteiger partial charge in [-0.1, -0.05) is 42.0 Å². The van der Waals surface area contributed by atoms with Crippen molar-refractivity contribution in [3.8, 4) is 0 Å². The largest absolute Gasteiger partial charge is 0.352 e. The van der Waals surface area contributed by atoms with Gasteiger partial charge < -0.3 is 5.32 Å². The molecular formula is C21H26N2O4S. The summed E-state index contributed by atoms with van der Waals surface area (Å²) in [6, 6.07) is 12.7. The molecule has 0 radical (unpaired) electrons. The summed E-state index contributed by atoms with van der Waals surface area (Å²) in [6.07, 6.45) is 0.217. The second kappa shape index (κ2) is 9.61. The van der Waals surface area contributed by atoms with Crippen molar-refractivity contribution in [2.24, 2.45) is 0 Å². The van der Waals surface area contributed by atoms with Crippen LogP contribution in [0.2, 0.25) is 0 Å². The Morgan fingerprint density at radius 2 is 1.64 bits per heavy atom.